The molecule has 80 valence electrons. The van der Waals surface area contributed by atoms with Crippen LogP contribution in [0.25, 0.3) is 0 Å². The number of rotatable bonds is 3. The minimum absolute atomic E-state index is 0.458. The number of nitrogens with two attached hydrogens (primary N) is 1. The van der Waals surface area contributed by atoms with Gasteiger partial charge >= 0.3 is 0 Å². The van der Waals surface area contributed by atoms with E-state index in [-0.39, 0.29) is 0 Å². The van der Waals surface area contributed by atoms with Crippen molar-refractivity contribution < 1.29 is 0 Å². The molecule has 1 aromatic rings. The van der Waals surface area contributed by atoms with Crippen LogP contribution in [-0.2, 0) is 0 Å². The van der Waals surface area contributed by atoms with E-state index in [9.17, 15) is 0 Å². The molecule has 0 aliphatic rings. The fraction of sp³-hybridized carbons (Fsp3) is 0.500. The molecule has 1 heterocycles. The van der Waals surface area contributed by atoms with Crippen molar-refractivity contribution >= 4 is 11.8 Å². The highest BCUT2D eigenvalue weighted by atomic mass is 32.2. The molecule has 1 aromatic heterocycles. The van der Waals surface area contributed by atoms with Crippen LogP contribution < -0.4 is 5.73 Å². The monoisotopic (exact) mass is 222 g/mol. The summed E-state index contributed by atoms with van der Waals surface area (Å²) in [6.07, 6.45) is 0. The normalized spacial score (nSPS) is 12.2. The van der Waals surface area contributed by atoms with Crippen molar-refractivity contribution in [3.8, 4) is 6.07 Å². The summed E-state index contributed by atoms with van der Waals surface area (Å²) in [5, 5.41) is 9.23. The van der Waals surface area contributed by atoms with Gasteiger partial charge in [0, 0.05) is 17.1 Å². The maximum Gasteiger partial charge on any atom is 0.188 e. The van der Waals surface area contributed by atoms with Gasteiger partial charge in [0.2, 0.25) is 0 Å². The molecule has 1 rings (SSSR count). The van der Waals surface area contributed by atoms with Crippen LogP contribution in [0.4, 0.5) is 0 Å². The molecule has 0 fully saturated rings. The van der Waals surface area contributed by atoms with E-state index in [1.54, 1.807) is 0 Å². The Kier molecular flexibility index (Phi) is 4.06. The van der Waals surface area contributed by atoms with Crippen LogP contribution in [0, 0.1) is 32.1 Å². The van der Waals surface area contributed by atoms with Crippen molar-refractivity contribution in [2.24, 2.45) is 5.73 Å². The minimum Gasteiger partial charge on any atom is -0.315 e. The molecule has 2 N–H and O–H groups in total. The van der Waals surface area contributed by atoms with E-state index in [0.717, 1.165) is 17.0 Å². The SMILES string of the molecule is Cc1nc(SCC(N)C#N)nc(C)c1C. The summed E-state index contributed by atoms with van der Waals surface area (Å²) in [5.74, 6) is 0.526. The zero-order chi connectivity index (χ0) is 11.4. The third-order valence-corrected chi connectivity index (χ3v) is 3.14. The number of nitrogens with zero attached hydrogens (tertiary/aromatic N) is 3. The van der Waals surface area contributed by atoms with Crippen LogP contribution in [0.2, 0.25) is 0 Å². The molecule has 0 bridgehead atoms. The molecule has 15 heavy (non-hydrogen) atoms. The van der Waals surface area contributed by atoms with Gasteiger partial charge in [-0.2, -0.15) is 5.26 Å². The van der Waals surface area contributed by atoms with Crippen LogP contribution in [0.5, 0.6) is 0 Å². The summed E-state index contributed by atoms with van der Waals surface area (Å²) < 4.78 is 0. The molecule has 0 amide bonds. The van der Waals surface area contributed by atoms with Gasteiger partial charge in [0.15, 0.2) is 5.16 Å². The lowest BCUT2D eigenvalue weighted by Gasteiger charge is -2.06. The van der Waals surface area contributed by atoms with Crippen molar-refractivity contribution in [1.82, 2.24) is 9.97 Å². The Labute approximate surface area is 93.9 Å². The molecule has 0 saturated carbocycles. The number of hydrogen-bond donors (Lipinski definition) is 1. The Morgan fingerprint density at radius 2 is 1.87 bits per heavy atom. The van der Waals surface area contributed by atoms with E-state index in [2.05, 4.69) is 9.97 Å². The van der Waals surface area contributed by atoms with Crippen LogP contribution in [0.15, 0.2) is 5.16 Å². The number of aryl methyl sites for hydroxylation is 2. The number of nitriles is 1. The first kappa shape index (κ1) is 12.0. The summed E-state index contributed by atoms with van der Waals surface area (Å²) in [5.41, 5.74) is 8.57. The zero-order valence-corrected chi connectivity index (χ0v) is 9.93. The van der Waals surface area contributed by atoms with Crippen LogP contribution in [0.3, 0.4) is 0 Å². The van der Waals surface area contributed by atoms with E-state index < -0.39 is 6.04 Å². The molecule has 1 unspecified atom stereocenters. The summed E-state index contributed by atoms with van der Waals surface area (Å²) >= 11 is 1.42. The standard InChI is InChI=1S/C10H14N4S/c1-6-7(2)13-10(14-8(6)3)15-5-9(12)4-11/h9H,5,12H2,1-3H3. The number of aromatic nitrogens is 2. The number of thioether (sulfide) groups is 1. The highest BCUT2D eigenvalue weighted by Crippen LogP contribution is 2.17. The first-order valence-corrected chi connectivity index (χ1v) is 5.63. The Balaban J connectivity index is 2.76. The summed E-state index contributed by atoms with van der Waals surface area (Å²) in [7, 11) is 0. The first-order chi connectivity index (χ1) is 7.04. The summed E-state index contributed by atoms with van der Waals surface area (Å²) in [6.45, 7) is 5.91. The Bertz CT molecular complexity index is 374. The molecule has 0 aromatic carbocycles. The van der Waals surface area contributed by atoms with Crippen LogP contribution in [0.1, 0.15) is 17.0 Å². The van der Waals surface area contributed by atoms with Gasteiger partial charge in [0.1, 0.15) is 6.04 Å². The Morgan fingerprint density at radius 1 is 1.33 bits per heavy atom. The Morgan fingerprint density at radius 3 is 2.33 bits per heavy atom. The molecule has 0 saturated heterocycles. The number of hydrogen-bond acceptors (Lipinski definition) is 5. The van der Waals surface area contributed by atoms with Crippen LogP contribution >= 0.6 is 11.8 Å². The van der Waals surface area contributed by atoms with E-state index in [4.69, 9.17) is 11.0 Å². The van der Waals surface area contributed by atoms with Gasteiger partial charge in [0.25, 0.3) is 0 Å². The predicted octanol–water partition coefficient (Wildman–Crippen LogP) is 1.34. The molecule has 0 aliphatic heterocycles. The summed E-state index contributed by atoms with van der Waals surface area (Å²) in [6, 6.07) is 1.52. The Hall–Kier alpha value is -1.12. The maximum atomic E-state index is 8.54. The molecular formula is C10H14N4S. The van der Waals surface area contributed by atoms with E-state index in [1.165, 1.54) is 11.8 Å². The molecule has 5 heteroatoms. The summed E-state index contributed by atoms with van der Waals surface area (Å²) in [4.78, 5) is 8.65. The van der Waals surface area contributed by atoms with Gasteiger partial charge in [-0.1, -0.05) is 11.8 Å². The van der Waals surface area contributed by atoms with Crippen molar-refractivity contribution in [3.05, 3.63) is 17.0 Å². The van der Waals surface area contributed by atoms with Crippen molar-refractivity contribution in [2.45, 2.75) is 32.0 Å². The second kappa shape index (κ2) is 5.10. The fourth-order valence-electron chi connectivity index (χ4n) is 1.01. The molecule has 0 spiro atoms. The van der Waals surface area contributed by atoms with Crippen LogP contribution in [-0.4, -0.2) is 21.8 Å². The third-order valence-electron chi connectivity index (χ3n) is 2.17. The van der Waals surface area contributed by atoms with Gasteiger partial charge in [-0.05, 0) is 26.3 Å². The average Bonchev–Trinajstić information content (AvgIpc) is 2.22. The van der Waals surface area contributed by atoms with Gasteiger partial charge in [-0.25, -0.2) is 9.97 Å². The van der Waals surface area contributed by atoms with Gasteiger partial charge in [-0.15, -0.1) is 0 Å². The predicted molar refractivity (Wildman–Crippen MR) is 60.6 cm³/mol. The second-order valence-electron chi connectivity index (χ2n) is 3.35. The fourth-order valence-corrected chi connectivity index (χ4v) is 1.81. The molecule has 0 aliphatic carbocycles. The van der Waals surface area contributed by atoms with Crippen molar-refractivity contribution in [2.75, 3.05) is 5.75 Å². The lowest BCUT2D eigenvalue weighted by molar-refractivity contribution is 0.873. The average molecular weight is 222 g/mol. The topological polar surface area (TPSA) is 75.6 Å². The zero-order valence-electron chi connectivity index (χ0n) is 9.11. The molecule has 0 radical (unpaired) electrons. The van der Waals surface area contributed by atoms with E-state index in [1.807, 2.05) is 26.8 Å². The van der Waals surface area contributed by atoms with Gasteiger partial charge in [-0.3, -0.25) is 0 Å². The molecule has 1 atom stereocenters. The lowest BCUT2D eigenvalue weighted by atomic mass is 10.2. The largest absolute Gasteiger partial charge is 0.315 e. The van der Waals surface area contributed by atoms with Gasteiger partial charge in [0.05, 0.1) is 6.07 Å². The third kappa shape index (κ3) is 3.18. The van der Waals surface area contributed by atoms with Crippen molar-refractivity contribution in [1.29, 1.82) is 5.26 Å². The quantitative estimate of drug-likeness (QED) is 0.617. The first-order valence-electron chi connectivity index (χ1n) is 4.64. The van der Waals surface area contributed by atoms with E-state index >= 15 is 0 Å². The van der Waals surface area contributed by atoms with Crippen molar-refractivity contribution in [3.63, 3.8) is 0 Å². The second-order valence-corrected chi connectivity index (χ2v) is 4.34. The lowest BCUT2D eigenvalue weighted by Crippen LogP contribution is -2.20. The molecular weight excluding hydrogens is 208 g/mol. The smallest absolute Gasteiger partial charge is 0.188 e. The maximum absolute atomic E-state index is 8.54. The minimum atomic E-state index is -0.458. The highest BCUT2D eigenvalue weighted by Gasteiger charge is 2.07. The highest BCUT2D eigenvalue weighted by molar-refractivity contribution is 7.99. The molecule has 4 nitrogen and oxygen atoms in total. The van der Waals surface area contributed by atoms with E-state index in [0.29, 0.717) is 10.9 Å². The van der Waals surface area contributed by atoms with Gasteiger partial charge < -0.3 is 5.73 Å².